The summed E-state index contributed by atoms with van der Waals surface area (Å²) in [5, 5.41) is 6.71. The Labute approximate surface area is 163 Å². The zero-order valence-electron chi connectivity index (χ0n) is 16.1. The smallest absolute Gasteiger partial charge is 0.146 e. The summed E-state index contributed by atoms with van der Waals surface area (Å²) in [5.74, 6) is 4.64. The number of hydrogen-bond donors (Lipinski definition) is 2. The number of nitrogens with zero attached hydrogens (tertiary/aromatic N) is 4. The van der Waals surface area contributed by atoms with Gasteiger partial charge in [-0.05, 0) is 24.5 Å². The van der Waals surface area contributed by atoms with Crippen molar-refractivity contribution in [3.05, 3.63) is 48.8 Å². The Morgan fingerprint density at radius 1 is 1.11 bits per heavy atom. The molecule has 1 aliphatic heterocycles. The number of fused-ring (bicyclic) bond motifs is 1. The van der Waals surface area contributed by atoms with Crippen LogP contribution in [-0.2, 0) is 13.0 Å². The normalized spacial score (nSPS) is 15.6. The molecule has 0 bridgehead atoms. The Kier molecular flexibility index (Phi) is 5.27. The second-order valence-electron chi connectivity index (χ2n) is 6.76. The largest absolute Gasteiger partial charge is 0.497 e. The van der Waals surface area contributed by atoms with Gasteiger partial charge in [0.1, 0.15) is 35.3 Å². The van der Waals surface area contributed by atoms with E-state index in [4.69, 9.17) is 9.47 Å². The van der Waals surface area contributed by atoms with Crippen LogP contribution in [0.4, 0.5) is 17.3 Å². The summed E-state index contributed by atoms with van der Waals surface area (Å²) in [6, 6.07) is 7.50. The topological polar surface area (TPSA) is 86.1 Å². The van der Waals surface area contributed by atoms with E-state index in [1.165, 1.54) is 5.82 Å². The molecule has 0 spiro atoms. The number of methoxy groups -OCH3 is 2. The summed E-state index contributed by atoms with van der Waals surface area (Å²) in [4.78, 5) is 13.0. The van der Waals surface area contributed by atoms with E-state index < -0.39 is 0 Å². The number of aromatic nitrogens is 4. The maximum atomic E-state index is 5.43. The predicted octanol–water partition coefficient (Wildman–Crippen LogP) is 3.11. The van der Waals surface area contributed by atoms with Gasteiger partial charge >= 0.3 is 0 Å². The number of anilines is 3. The van der Waals surface area contributed by atoms with Gasteiger partial charge < -0.3 is 24.7 Å². The van der Waals surface area contributed by atoms with Crippen LogP contribution in [0.2, 0.25) is 0 Å². The third-order valence-corrected chi connectivity index (χ3v) is 4.94. The van der Waals surface area contributed by atoms with Crippen LogP contribution in [0.3, 0.4) is 0 Å². The molecular formula is C20H24N6O2. The molecule has 1 aromatic carbocycles. The van der Waals surface area contributed by atoms with Crippen molar-refractivity contribution in [1.29, 1.82) is 0 Å². The lowest BCUT2D eigenvalue weighted by molar-refractivity contribution is 0.381. The highest BCUT2D eigenvalue weighted by molar-refractivity contribution is 5.66. The molecule has 2 N–H and O–H groups in total. The van der Waals surface area contributed by atoms with E-state index in [9.17, 15) is 0 Å². The molecule has 3 aromatic rings. The lowest BCUT2D eigenvalue weighted by Gasteiger charge is -2.24. The molecule has 8 heteroatoms. The molecule has 0 aliphatic carbocycles. The zero-order chi connectivity index (χ0) is 19.3. The highest BCUT2D eigenvalue weighted by atomic mass is 16.5. The second-order valence-corrected chi connectivity index (χ2v) is 6.76. The predicted molar refractivity (Wildman–Crippen MR) is 107 cm³/mol. The van der Waals surface area contributed by atoms with E-state index in [0.29, 0.717) is 17.5 Å². The Morgan fingerprint density at radius 2 is 2.00 bits per heavy atom. The Morgan fingerprint density at radius 3 is 2.86 bits per heavy atom. The summed E-state index contributed by atoms with van der Waals surface area (Å²) in [7, 11) is 3.26. The minimum atomic E-state index is 0.551. The average molecular weight is 380 g/mol. The lowest BCUT2D eigenvalue weighted by atomic mass is 9.99. The van der Waals surface area contributed by atoms with E-state index in [1.807, 2.05) is 30.5 Å². The van der Waals surface area contributed by atoms with Crippen LogP contribution in [0.5, 0.6) is 11.5 Å². The van der Waals surface area contributed by atoms with Gasteiger partial charge in [0.05, 0.1) is 19.9 Å². The molecule has 1 unspecified atom stereocenters. The van der Waals surface area contributed by atoms with E-state index in [0.717, 1.165) is 43.2 Å². The zero-order valence-corrected chi connectivity index (χ0v) is 16.1. The van der Waals surface area contributed by atoms with Crippen molar-refractivity contribution < 1.29 is 9.47 Å². The summed E-state index contributed by atoms with van der Waals surface area (Å²) >= 11 is 0. The summed E-state index contributed by atoms with van der Waals surface area (Å²) < 4.78 is 12.9. The average Bonchev–Trinajstić information content (AvgIpc) is 3.21. The van der Waals surface area contributed by atoms with E-state index >= 15 is 0 Å². The molecule has 0 amide bonds. The first-order valence-electron chi connectivity index (χ1n) is 9.30. The van der Waals surface area contributed by atoms with Crippen LogP contribution in [-0.4, -0.2) is 40.3 Å². The van der Waals surface area contributed by atoms with Crippen LogP contribution in [0, 0.1) is 5.92 Å². The van der Waals surface area contributed by atoms with Gasteiger partial charge in [-0.2, -0.15) is 0 Å². The van der Waals surface area contributed by atoms with Crippen LogP contribution < -0.4 is 20.1 Å². The van der Waals surface area contributed by atoms with Crippen LogP contribution in [0.15, 0.2) is 43.0 Å². The molecule has 0 fully saturated rings. The fourth-order valence-electron chi connectivity index (χ4n) is 3.41. The third kappa shape index (κ3) is 4.00. The van der Waals surface area contributed by atoms with Gasteiger partial charge in [-0.3, -0.25) is 0 Å². The highest BCUT2D eigenvalue weighted by Gasteiger charge is 2.18. The molecular weight excluding hydrogens is 356 g/mol. The van der Waals surface area contributed by atoms with Crippen LogP contribution in [0.1, 0.15) is 12.2 Å². The minimum absolute atomic E-state index is 0.551. The molecule has 1 aliphatic rings. The maximum absolute atomic E-state index is 5.43. The van der Waals surface area contributed by atoms with Crippen molar-refractivity contribution in [2.45, 2.75) is 19.4 Å². The molecule has 4 rings (SSSR count). The summed E-state index contributed by atoms with van der Waals surface area (Å²) in [6.45, 7) is 1.85. The Bertz CT molecular complexity index is 942. The second kappa shape index (κ2) is 8.16. The van der Waals surface area contributed by atoms with Crippen molar-refractivity contribution in [1.82, 2.24) is 19.5 Å². The number of nitrogens with one attached hydrogen (secondary N) is 2. The molecule has 0 radical (unpaired) electrons. The van der Waals surface area contributed by atoms with Crippen LogP contribution >= 0.6 is 0 Å². The number of aryl methyl sites for hydroxylation is 1. The monoisotopic (exact) mass is 380 g/mol. The van der Waals surface area contributed by atoms with Gasteiger partial charge in [-0.1, -0.05) is 0 Å². The number of hydrogen-bond acceptors (Lipinski definition) is 7. The van der Waals surface area contributed by atoms with Gasteiger partial charge in [0.15, 0.2) is 0 Å². The molecule has 146 valence electrons. The van der Waals surface area contributed by atoms with E-state index in [2.05, 4.69) is 36.3 Å². The summed E-state index contributed by atoms with van der Waals surface area (Å²) in [5.41, 5.74) is 0.813. The molecule has 3 heterocycles. The number of rotatable bonds is 7. The molecule has 0 saturated heterocycles. The van der Waals surface area contributed by atoms with Gasteiger partial charge in [-0.15, -0.1) is 0 Å². The molecule has 1 atom stereocenters. The van der Waals surface area contributed by atoms with Crippen LogP contribution in [0.25, 0.3) is 0 Å². The van der Waals surface area contributed by atoms with Crippen molar-refractivity contribution >= 4 is 17.3 Å². The standard InChI is InChI=1S/C20H24N6O2/c1-27-15-4-5-16(17(9-15)28-2)25-19-10-18(23-13-24-19)22-11-14-3-6-20-21-7-8-26(20)12-14/h4-5,7-10,13-14H,3,6,11-12H2,1-2H3,(H2,22,23,24,25). The van der Waals surface area contributed by atoms with Gasteiger partial charge in [0.25, 0.3) is 0 Å². The Balaban J connectivity index is 1.40. The maximum Gasteiger partial charge on any atom is 0.146 e. The fourth-order valence-corrected chi connectivity index (χ4v) is 3.41. The van der Waals surface area contributed by atoms with Crippen molar-refractivity contribution in [2.24, 2.45) is 5.92 Å². The molecule has 8 nitrogen and oxygen atoms in total. The van der Waals surface area contributed by atoms with Gasteiger partial charge in [0, 0.05) is 44.0 Å². The van der Waals surface area contributed by atoms with Gasteiger partial charge in [0.2, 0.25) is 0 Å². The fraction of sp³-hybridized carbons (Fsp3) is 0.350. The first-order valence-corrected chi connectivity index (χ1v) is 9.30. The molecule has 28 heavy (non-hydrogen) atoms. The number of benzene rings is 1. The molecule has 0 saturated carbocycles. The van der Waals surface area contributed by atoms with Crippen molar-refractivity contribution in [3.63, 3.8) is 0 Å². The quantitative estimate of drug-likeness (QED) is 0.651. The highest BCUT2D eigenvalue weighted by Crippen LogP contribution is 2.31. The van der Waals surface area contributed by atoms with E-state index in [-0.39, 0.29) is 0 Å². The third-order valence-electron chi connectivity index (χ3n) is 4.94. The first kappa shape index (κ1) is 18.1. The number of imidazole rings is 1. The van der Waals surface area contributed by atoms with E-state index in [1.54, 1.807) is 20.5 Å². The lowest BCUT2D eigenvalue weighted by Crippen LogP contribution is -2.26. The summed E-state index contributed by atoms with van der Waals surface area (Å²) in [6.07, 6.45) is 7.63. The first-order chi connectivity index (χ1) is 13.7. The molecule has 2 aromatic heterocycles. The van der Waals surface area contributed by atoms with Crippen molar-refractivity contribution in [3.8, 4) is 11.5 Å². The number of ether oxygens (including phenoxy) is 2. The van der Waals surface area contributed by atoms with Gasteiger partial charge in [-0.25, -0.2) is 15.0 Å². The minimum Gasteiger partial charge on any atom is -0.497 e. The SMILES string of the molecule is COc1ccc(Nc2cc(NCC3CCc4nccn4C3)ncn2)c(OC)c1. The van der Waals surface area contributed by atoms with Crippen molar-refractivity contribution in [2.75, 3.05) is 31.4 Å². The Hall–Kier alpha value is -3.29.